The zero-order valence-electron chi connectivity index (χ0n) is 38.2. The van der Waals surface area contributed by atoms with Gasteiger partial charge in [0.2, 0.25) is 17.7 Å². The van der Waals surface area contributed by atoms with Crippen LogP contribution in [0.1, 0.15) is 111 Å². The van der Waals surface area contributed by atoms with E-state index in [0.29, 0.717) is 47.4 Å². The lowest BCUT2D eigenvalue weighted by atomic mass is 9.45. The Bertz CT molecular complexity index is 1490. The molecule has 5 N–H and O–H groups in total. The van der Waals surface area contributed by atoms with Gasteiger partial charge in [-0.25, -0.2) is 0 Å². The van der Waals surface area contributed by atoms with E-state index in [-0.39, 0.29) is 71.6 Å². The molecule has 342 valence electrons. The highest BCUT2D eigenvalue weighted by atomic mass is 32.2. The molecule has 2 saturated heterocycles. The third-order valence-electron chi connectivity index (χ3n) is 17.1. The minimum Gasteiger partial charge on any atom is -0.394 e. The number of aliphatic hydroxyl groups is 2. The van der Waals surface area contributed by atoms with Crippen LogP contribution in [0, 0.1) is 52.8 Å². The summed E-state index contributed by atoms with van der Waals surface area (Å²) in [7, 11) is 9.54. The number of nitrogens with one attached hydrogen (secondary N) is 3. The largest absolute Gasteiger partial charge is 0.394 e. The van der Waals surface area contributed by atoms with Crippen molar-refractivity contribution in [1.29, 1.82) is 0 Å². The average molecular weight is 861 g/mol. The van der Waals surface area contributed by atoms with Crippen LogP contribution in [0.15, 0.2) is 0 Å². The first-order valence-electron chi connectivity index (χ1n) is 23.7. The maximum Gasteiger partial charge on any atom is 0.244 e. The molecule has 13 nitrogen and oxygen atoms in total. The molecule has 2 aliphatic heterocycles. The number of amides is 3. The third-order valence-corrected chi connectivity index (χ3v) is 18.7. The second kappa shape index (κ2) is 19.3. The van der Waals surface area contributed by atoms with E-state index in [1.165, 1.54) is 32.1 Å². The topological polar surface area (TPSA) is 156 Å². The number of rotatable bonds is 14. The summed E-state index contributed by atoms with van der Waals surface area (Å²) in [6.45, 7) is 8.84. The molecular formula is C46H80N6O7S. The monoisotopic (exact) mass is 861 g/mol. The molecule has 18 atom stereocenters. The number of thioether (sulfide) groups is 1. The van der Waals surface area contributed by atoms with Crippen molar-refractivity contribution in [3.05, 3.63) is 0 Å². The van der Waals surface area contributed by atoms with Crippen LogP contribution in [0.3, 0.4) is 0 Å². The molecule has 0 aromatic rings. The van der Waals surface area contributed by atoms with E-state index >= 15 is 0 Å². The molecule has 6 aliphatic carbocycles. The molecular weight excluding hydrogens is 781 g/mol. The van der Waals surface area contributed by atoms with Crippen molar-refractivity contribution in [3.63, 3.8) is 0 Å². The predicted octanol–water partition coefficient (Wildman–Crippen LogP) is 3.86. The Morgan fingerprint density at radius 1 is 1.00 bits per heavy atom. The van der Waals surface area contributed by atoms with Gasteiger partial charge in [-0.2, -0.15) is 5.06 Å². The number of carbonyl (C=O) groups excluding carboxylic acids is 3. The summed E-state index contributed by atoms with van der Waals surface area (Å²) in [5.41, 5.74) is 0.299. The van der Waals surface area contributed by atoms with Gasteiger partial charge in [-0.3, -0.25) is 19.2 Å². The maximum absolute atomic E-state index is 14.4. The van der Waals surface area contributed by atoms with E-state index in [1.54, 1.807) is 38.1 Å². The van der Waals surface area contributed by atoms with Gasteiger partial charge in [-0.15, -0.1) is 11.8 Å². The fourth-order valence-electron chi connectivity index (χ4n) is 13.5. The van der Waals surface area contributed by atoms with Gasteiger partial charge >= 0.3 is 0 Å². The molecule has 3 amide bonds. The molecule has 8 fully saturated rings. The van der Waals surface area contributed by atoms with E-state index in [4.69, 9.17) is 9.57 Å². The first-order chi connectivity index (χ1) is 28.5. The van der Waals surface area contributed by atoms with Crippen LogP contribution in [-0.4, -0.2) is 150 Å². The lowest BCUT2D eigenvalue weighted by Gasteiger charge is -2.62. The molecule has 14 heteroatoms. The van der Waals surface area contributed by atoms with Gasteiger partial charge in [0.05, 0.1) is 24.2 Å². The Kier molecular flexibility index (Phi) is 14.9. The van der Waals surface area contributed by atoms with Crippen LogP contribution in [-0.2, 0) is 24.0 Å². The Balaban J connectivity index is 1.04. The SMILES string of the molecule is COC1C(CN2O[C@@H](CO)C(C(C)O)[C@H]2C(=O)N[C@H]2C[C@H]3C[C@@H]([C@@H]2C)C3(C)C)CCCC1C1CC(C(=O)N[C@H](CC2NC3CCCCC3S2)C(=O)N(C)C)CC(N(C)C)C1. The van der Waals surface area contributed by atoms with Gasteiger partial charge in [0.1, 0.15) is 18.2 Å². The zero-order valence-corrected chi connectivity index (χ0v) is 39.0. The highest BCUT2D eigenvalue weighted by Gasteiger charge is 2.58. The van der Waals surface area contributed by atoms with Gasteiger partial charge in [-0.05, 0) is 114 Å². The second-order valence-electron chi connectivity index (χ2n) is 21.3. The zero-order chi connectivity index (χ0) is 43.2. The first-order valence-corrected chi connectivity index (χ1v) is 24.6. The number of likely N-dealkylation sites (N-methyl/N-ethyl adjacent to an activating group) is 1. The molecule has 8 aliphatic rings. The van der Waals surface area contributed by atoms with Crippen LogP contribution < -0.4 is 16.0 Å². The van der Waals surface area contributed by atoms with Crippen molar-refractivity contribution >= 4 is 29.5 Å². The number of aliphatic hydroxyl groups excluding tert-OH is 2. The van der Waals surface area contributed by atoms with E-state index in [9.17, 15) is 24.6 Å². The van der Waals surface area contributed by atoms with E-state index in [2.05, 4.69) is 55.7 Å². The van der Waals surface area contributed by atoms with Crippen molar-refractivity contribution in [2.45, 2.75) is 170 Å². The summed E-state index contributed by atoms with van der Waals surface area (Å²) in [6.07, 6.45) is 11.3. The normalized spacial score (nSPS) is 42.5. The van der Waals surface area contributed by atoms with Crippen LogP contribution in [0.5, 0.6) is 0 Å². The molecule has 0 radical (unpaired) electrons. The van der Waals surface area contributed by atoms with Gasteiger partial charge in [0.25, 0.3) is 0 Å². The lowest BCUT2D eigenvalue weighted by Crippen LogP contribution is -2.62. The van der Waals surface area contributed by atoms with Gasteiger partial charge in [-0.1, -0.05) is 40.0 Å². The molecule has 11 unspecified atom stereocenters. The Morgan fingerprint density at radius 3 is 2.38 bits per heavy atom. The van der Waals surface area contributed by atoms with Crippen molar-refractivity contribution in [3.8, 4) is 0 Å². The van der Waals surface area contributed by atoms with Crippen molar-refractivity contribution in [2.75, 3.05) is 48.5 Å². The molecule has 60 heavy (non-hydrogen) atoms. The average Bonchev–Trinajstić information content (AvgIpc) is 3.81. The number of hydrogen-bond donors (Lipinski definition) is 5. The summed E-state index contributed by atoms with van der Waals surface area (Å²) < 4.78 is 6.45. The molecule has 8 rings (SSSR count). The predicted molar refractivity (Wildman–Crippen MR) is 234 cm³/mol. The van der Waals surface area contributed by atoms with Crippen LogP contribution in [0.2, 0.25) is 0 Å². The van der Waals surface area contributed by atoms with Crippen LogP contribution >= 0.6 is 11.8 Å². The highest BCUT2D eigenvalue weighted by Crippen LogP contribution is 2.61. The highest BCUT2D eigenvalue weighted by molar-refractivity contribution is 8.00. The summed E-state index contributed by atoms with van der Waals surface area (Å²) in [6, 6.07) is -0.545. The van der Waals surface area contributed by atoms with Crippen molar-refractivity contribution in [2.24, 2.45) is 52.8 Å². The van der Waals surface area contributed by atoms with Crippen LogP contribution in [0.4, 0.5) is 0 Å². The second-order valence-corrected chi connectivity index (χ2v) is 22.8. The summed E-state index contributed by atoms with van der Waals surface area (Å²) in [4.78, 5) is 52.7. The van der Waals surface area contributed by atoms with Gasteiger partial charge < -0.3 is 40.7 Å². The Labute approximate surface area is 364 Å². The van der Waals surface area contributed by atoms with E-state index in [1.807, 2.05) is 11.8 Å². The summed E-state index contributed by atoms with van der Waals surface area (Å²) in [5, 5.41) is 34.5. The standard InChI is InChI=1S/C46H80N6O7S/c1-25-33-20-30(46(33,3)4)21-35(25)48-44(56)41-40(26(2)54)37(24-53)59-52(41)23-27-13-12-14-32(42(27)58-9)28-17-29(19-31(18-28)50(5)6)43(55)49-36(45(57)51(7)8)22-39-47-34-15-10-11-16-38(34)60-39/h25-42,47,53-54H,10-24H2,1-9H3,(H,48,56)(H,49,55)/t25-,26?,27?,28?,29?,30+,31?,32?,33-,34?,35-,36+,37-,38?,39?,40?,41-,42?/m0/s1. The maximum atomic E-state index is 14.4. The van der Waals surface area contributed by atoms with Gasteiger partial charge in [0, 0.05) is 75.3 Å². The van der Waals surface area contributed by atoms with E-state index < -0.39 is 30.2 Å². The van der Waals surface area contributed by atoms with Crippen LogP contribution in [0.25, 0.3) is 0 Å². The van der Waals surface area contributed by atoms with E-state index in [0.717, 1.165) is 44.9 Å². The fourth-order valence-corrected chi connectivity index (χ4v) is 15.2. The minimum absolute atomic E-state index is 0.0276. The number of methoxy groups -OCH3 is 1. The first kappa shape index (κ1) is 46.5. The van der Waals surface area contributed by atoms with Crippen molar-refractivity contribution < 1.29 is 34.2 Å². The van der Waals surface area contributed by atoms with Gasteiger partial charge in [0.15, 0.2) is 0 Å². The number of hydroxylamine groups is 2. The molecule has 0 aromatic heterocycles. The number of hydrogen-bond acceptors (Lipinski definition) is 11. The smallest absolute Gasteiger partial charge is 0.244 e. The lowest BCUT2D eigenvalue weighted by molar-refractivity contribution is -0.193. The minimum atomic E-state index is -0.852. The number of nitrogens with zero attached hydrogens (tertiary/aromatic N) is 3. The quantitative estimate of drug-likeness (QED) is 0.173. The fraction of sp³-hybridized carbons (Fsp3) is 0.935. The molecule has 2 heterocycles. The molecule has 2 bridgehead atoms. The molecule has 0 aromatic carbocycles. The molecule has 0 spiro atoms. The Hall–Kier alpha value is -1.52. The van der Waals surface area contributed by atoms with Crippen molar-refractivity contribution in [1.82, 2.24) is 30.8 Å². The number of carbonyl (C=O) groups is 3. The summed E-state index contributed by atoms with van der Waals surface area (Å²) >= 11 is 1.95. The Morgan fingerprint density at radius 2 is 1.75 bits per heavy atom. The number of fused-ring (bicyclic) bond motifs is 3. The number of ether oxygens (including phenoxy) is 1. The third kappa shape index (κ3) is 9.47. The summed E-state index contributed by atoms with van der Waals surface area (Å²) in [5.74, 6) is 0.984. The molecule has 6 saturated carbocycles.